The number of hydrogen-bond acceptors (Lipinski definition) is 6. The fourth-order valence-electron chi connectivity index (χ4n) is 3.42. The number of nitrogens with one attached hydrogen (secondary N) is 1. The van der Waals surface area contributed by atoms with E-state index in [2.05, 4.69) is 58.7 Å². The Morgan fingerprint density at radius 3 is 1.90 bits per heavy atom. The Kier molecular flexibility index (Phi) is 18.0. The molecule has 3 N–H and O–H groups in total. The maximum atomic E-state index is 10.8. The lowest BCUT2D eigenvalue weighted by atomic mass is 9.89. The molecule has 0 heterocycles. The molecule has 216 valence electrons. The molecule has 39 heavy (non-hydrogen) atoms. The summed E-state index contributed by atoms with van der Waals surface area (Å²) in [5, 5.41) is 22.6. The van der Waals surface area contributed by atoms with Gasteiger partial charge in [-0.05, 0) is 84.7 Å². The van der Waals surface area contributed by atoms with Crippen molar-refractivity contribution in [1.29, 1.82) is 0 Å². The average Bonchev–Trinajstić information content (AvgIpc) is 2.91. The van der Waals surface area contributed by atoms with E-state index in [-0.39, 0.29) is 6.54 Å². The zero-order valence-corrected chi connectivity index (χ0v) is 28.6. The van der Waals surface area contributed by atoms with Crippen LogP contribution in [0.5, 0.6) is 0 Å². The van der Waals surface area contributed by atoms with Gasteiger partial charge in [0.25, 0.3) is 0 Å². The van der Waals surface area contributed by atoms with Gasteiger partial charge in [-0.25, -0.2) is 4.79 Å². The summed E-state index contributed by atoms with van der Waals surface area (Å²) in [6, 6.07) is 12.2. The number of rotatable bonds is 9. The van der Waals surface area contributed by atoms with Crippen molar-refractivity contribution in [3.63, 3.8) is 0 Å². The molecule has 0 spiro atoms. The first-order valence-electron chi connectivity index (χ1n) is 12.3. The molecular formula is C26H34BrCl2N3O3S4. The summed E-state index contributed by atoms with van der Waals surface area (Å²) >= 11 is 26.0. The number of halogens is 3. The van der Waals surface area contributed by atoms with Crippen LogP contribution < -0.4 is 5.32 Å². The van der Waals surface area contributed by atoms with Crippen LogP contribution in [0.3, 0.4) is 0 Å². The van der Waals surface area contributed by atoms with Gasteiger partial charge in [0.05, 0.1) is 16.1 Å². The second kappa shape index (κ2) is 19.4. The third kappa shape index (κ3) is 12.7. The number of aliphatic hydroxyl groups excluding tert-OH is 1. The van der Waals surface area contributed by atoms with Crippen LogP contribution in [0.2, 0.25) is 10.0 Å². The molecule has 0 aliphatic carbocycles. The van der Waals surface area contributed by atoms with Crippen molar-refractivity contribution in [2.75, 3.05) is 32.7 Å². The molecule has 2 aromatic carbocycles. The smallest absolute Gasteiger partial charge is 0.404 e. The molecule has 0 bridgehead atoms. The molecule has 0 saturated heterocycles. The Labute approximate surface area is 268 Å². The zero-order chi connectivity index (χ0) is 29.5. The number of benzene rings is 2. The summed E-state index contributed by atoms with van der Waals surface area (Å²) in [5.74, 6) is -0.504. The van der Waals surface area contributed by atoms with E-state index in [1.165, 1.54) is 0 Å². The Bertz CT molecular complexity index is 1070. The van der Waals surface area contributed by atoms with Crippen LogP contribution in [0, 0.1) is 0 Å². The van der Waals surface area contributed by atoms with Gasteiger partial charge < -0.3 is 25.3 Å². The molecule has 2 unspecified atom stereocenters. The highest BCUT2D eigenvalue weighted by Gasteiger charge is 2.24. The molecule has 2 atom stereocenters. The summed E-state index contributed by atoms with van der Waals surface area (Å²) in [7, 11) is 3.18. The molecule has 0 fully saturated rings. The van der Waals surface area contributed by atoms with Crippen LogP contribution >= 0.6 is 85.2 Å². The van der Waals surface area contributed by atoms with E-state index in [0.29, 0.717) is 21.2 Å². The lowest BCUT2D eigenvalue weighted by molar-refractivity contribution is 0.140. The van der Waals surface area contributed by atoms with E-state index >= 15 is 0 Å². The summed E-state index contributed by atoms with van der Waals surface area (Å²) in [6.07, 6.45) is -2.06. The van der Waals surface area contributed by atoms with Crippen molar-refractivity contribution in [1.82, 2.24) is 15.1 Å². The van der Waals surface area contributed by atoms with Gasteiger partial charge >= 0.3 is 6.09 Å². The van der Waals surface area contributed by atoms with Crippen LogP contribution in [0.4, 0.5) is 4.79 Å². The van der Waals surface area contributed by atoms with Crippen molar-refractivity contribution in [2.24, 2.45) is 0 Å². The van der Waals surface area contributed by atoms with Crippen molar-refractivity contribution >= 4 is 99.9 Å². The van der Waals surface area contributed by atoms with E-state index in [9.17, 15) is 9.90 Å². The molecule has 1 amide bonds. The second-order valence-electron chi connectivity index (χ2n) is 8.01. The molecule has 0 aromatic heterocycles. The van der Waals surface area contributed by atoms with Gasteiger partial charge in [-0.15, -0.1) is 0 Å². The minimum atomic E-state index is -1.16. The van der Waals surface area contributed by atoms with Crippen LogP contribution in [-0.4, -0.2) is 67.5 Å². The maximum absolute atomic E-state index is 10.8. The highest BCUT2D eigenvalue weighted by Crippen LogP contribution is 2.34. The Hall–Kier alpha value is -0.790. The molecule has 0 radical (unpaired) electrons. The Morgan fingerprint density at radius 2 is 1.46 bits per heavy atom. The summed E-state index contributed by atoms with van der Waals surface area (Å²) < 4.78 is 2.67. The number of aliphatic hydroxyl groups is 1. The molecule has 6 nitrogen and oxygen atoms in total. The SMILES string of the molecule is CCN(CC)C(=S)SSC(=S)N(CC)CC.O=C(O)NCC(c1ccc(Cl)c(Cl)c1)C(O)c1cccc(Br)c1. The standard InChI is InChI=1S/C16H14BrCl2NO3.C10H20N2S4/c17-11-3-1-2-10(6-11)15(21)12(8-20-16(22)23)9-4-5-13(18)14(19)7-9;1-5-11(6-2)9(13)15-16-10(14)12(7-3)8-4/h1-7,12,15,20-21H,8H2,(H,22,23);5-8H2,1-4H3. The van der Waals surface area contributed by atoms with Gasteiger partial charge in [0, 0.05) is 43.1 Å². The summed E-state index contributed by atoms with van der Waals surface area (Å²) in [5.41, 5.74) is 1.36. The topological polar surface area (TPSA) is 76.0 Å². The highest BCUT2D eigenvalue weighted by atomic mass is 79.9. The first-order valence-corrected chi connectivity index (χ1v) is 16.8. The highest BCUT2D eigenvalue weighted by molar-refractivity contribution is 9.10. The number of nitrogens with zero attached hydrogens (tertiary/aromatic N) is 2. The van der Waals surface area contributed by atoms with Gasteiger partial charge in [-0.1, -0.05) is 81.8 Å². The fourth-order valence-corrected chi connectivity index (χ4v) is 7.20. The third-order valence-electron chi connectivity index (χ3n) is 5.64. The number of hydrogen-bond donors (Lipinski definition) is 3. The van der Waals surface area contributed by atoms with Gasteiger partial charge in [0.1, 0.15) is 8.64 Å². The predicted octanol–water partition coefficient (Wildman–Crippen LogP) is 8.46. The number of thiocarbonyl (C=S) groups is 2. The molecule has 13 heteroatoms. The third-order valence-corrected chi connectivity index (χ3v) is 10.6. The zero-order valence-electron chi connectivity index (χ0n) is 22.2. The van der Waals surface area contributed by atoms with Crippen molar-refractivity contribution in [3.05, 3.63) is 68.1 Å². The Morgan fingerprint density at radius 1 is 0.923 bits per heavy atom. The van der Waals surface area contributed by atoms with Crippen molar-refractivity contribution in [3.8, 4) is 0 Å². The molecule has 0 aliphatic rings. The lowest BCUT2D eigenvalue weighted by Crippen LogP contribution is -2.29. The van der Waals surface area contributed by atoms with E-state index in [0.717, 1.165) is 39.3 Å². The minimum Gasteiger partial charge on any atom is -0.465 e. The van der Waals surface area contributed by atoms with Crippen molar-refractivity contribution in [2.45, 2.75) is 39.7 Å². The summed E-state index contributed by atoms with van der Waals surface area (Å²) in [6.45, 7) is 12.3. The molecular weight excluding hydrogens is 681 g/mol. The van der Waals surface area contributed by atoms with E-state index in [1.807, 2.05) is 6.07 Å². The minimum absolute atomic E-state index is 0.0426. The molecule has 0 saturated carbocycles. The maximum Gasteiger partial charge on any atom is 0.404 e. The van der Waals surface area contributed by atoms with Gasteiger partial charge in [0.2, 0.25) is 0 Å². The van der Waals surface area contributed by atoms with Crippen molar-refractivity contribution < 1.29 is 15.0 Å². The predicted molar refractivity (Wildman–Crippen MR) is 181 cm³/mol. The second-order valence-corrected chi connectivity index (χ2v) is 13.1. The van der Waals surface area contributed by atoms with Crippen LogP contribution in [-0.2, 0) is 0 Å². The first-order chi connectivity index (χ1) is 18.5. The van der Waals surface area contributed by atoms with Gasteiger partial charge in [-0.2, -0.15) is 0 Å². The first kappa shape index (κ1) is 36.2. The van der Waals surface area contributed by atoms with Crippen LogP contribution in [0.25, 0.3) is 0 Å². The number of amides is 1. The number of carbonyl (C=O) groups is 1. The normalized spacial score (nSPS) is 12.0. The van der Waals surface area contributed by atoms with Crippen LogP contribution in [0.15, 0.2) is 46.9 Å². The monoisotopic (exact) mass is 713 g/mol. The van der Waals surface area contributed by atoms with E-state index in [4.69, 9.17) is 52.7 Å². The van der Waals surface area contributed by atoms with E-state index in [1.54, 1.807) is 58.0 Å². The average molecular weight is 716 g/mol. The Balaban J connectivity index is 0.000000420. The molecule has 2 rings (SSSR count). The van der Waals surface area contributed by atoms with Gasteiger partial charge in [0.15, 0.2) is 0 Å². The van der Waals surface area contributed by atoms with E-state index < -0.39 is 18.1 Å². The number of carboxylic acid groups (broad SMARTS) is 1. The largest absolute Gasteiger partial charge is 0.465 e. The molecule has 0 aliphatic heterocycles. The van der Waals surface area contributed by atoms with Gasteiger partial charge in [-0.3, -0.25) is 0 Å². The van der Waals surface area contributed by atoms with Crippen LogP contribution in [0.1, 0.15) is 50.8 Å². The lowest BCUT2D eigenvalue weighted by Gasteiger charge is -2.24. The summed E-state index contributed by atoms with van der Waals surface area (Å²) in [4.78, 5) is 15.2. The fraction of sp³-hybridized carbons (Fsp3) is 0.423. The quantitative estimate of drug-likeness (QED) is 0.175. The molecule has 2 aromatic rings.